The molecule has 4 rings (SSSR count). The Bertz CT molecular complexity index is 804. The minimum atomic E-state index is -0.220. The molecule has 3 heteroatoms. The summed E-state index contributed by atoms with van der Waals surface area (Å²) >= 11 is 0. The van der Waals surface area contributed by atoms with Crippen LogP contribution in [0.1, 0.15) is 124 Å². The lowest BCUT2D eigenvalue weighted by molar-refractivity contribution is -0.139. The summed E-state index contributed by atoms with van der Waals surface area (Å²) in [5.74, 6) is 6.36. The Morgan fingerprint density at radius 1 is 0.921 bits per heavy atom. The highest BCUT2D eigenvalue weighted by atomic mass is 16.5. The molecule has 0 N–H and O–H groups in total. The first-order chi connectivity index (χ1) is 18.0. The highest BCUT2D eigenvalue weighted by Crippen LogP contribution is 2.68. The summed E-state index contributed by atoms with van der Waals surface area (Å²) in [5.41, 5.74) is 1.77. The van der Waals surface area contributed by atoms with E-state index in [1.54, 1.807) is 0 Å². The van der Waals surface area contributed by atoms with Gasteiger partial charge in [0.25, 0.3) is 0 Å². The molecule has 4 fully saturated rings. The van der Waals surface area contributed by atoms with Gasteiger partial charge in [0, 0.05) is 12.1 Å². The zero-order valence-corrected chi connectivity index (χ0v) is 26.0. The predicted molar refractivity (Wildman–Crippen MR) is 160 cm³/mol. The molecule has 0 heterocycles. The molecule has 0 saturated heterocycles. The molecule has 218 valence electrons. The Labute approximate surface area is 235 Å². The van der Waals surface area contributed by atoms with Gasteiger partial charge in [-0.15, -0.1) is 0 Å². The van der Waals surface area contributed by atoms with Crippen LogP contribution in [0.2, 0.25) is 0 Å². The van der Waals surface area contributed by atoms with Crippen molar-refractivity contribution in [2.75, 3.05) is 27.2 Å². The fourth-order valence-electron chi connectivity index (χ4n) is 10.2. The van der Waals surface area contributed by atoms with Crippen molar-refractivity contribution in [1.82, 2.24) is 4.90 Å². The van der Waals surface area contributed by atoms with Gasteiger partial charge in [0.15, 0.2) is 0 Å². The topological polar surface area (TPSA) is 29.5 Å². The zero-order chi connectivity index (χ0) is 27.5. The second kappa shape index (κ2) is 12.8. The Balaban J connectivity index is 1.25. The Kier molecular flexibility index (Phi) is 10.1. The van der Waals surface area contributed by atoms with Gasteiger partial charge in [0.05, 0.1) is 6.61 Å². The highest BCUT2D eigenvalue weighted by molar-refractivity contribution is 5.88. The van der Waals surface area contributed by atoms with Crippen molar-refractivity contribution < 1.29 is 9.53 Å². The minimum Gasteiger partial charge on any atom is -0.462 e. The number of hydrogen-bond acceptors (Lipinski definition) is 3. The van der Waals surface area contributed by atoms with Crippen LogP contribution >= 0.6 is 0 Å². The van der Waals surface area contributed by atoms with E-state index in [2.05, 4.69) is 34.3 Å². The van der Waals surface area contributed by atoms with Crippen molar-refractivity contribution in [1.29, 1.82) is 0 Å². The summed E-state index contributed by atoms with van der Waals surface area (Å²) in [4.78, 5) is 14.1. The summed E-state index contributed by atoms with van der Waals surface area (Å²) in [6.45, 7) is 15.2. The summed E-state index contributed by atoms with van der Waals surface area (Å²) in [7, 11) is 3.91. The van der Waals surface area contributed by atoms with Crippen LogP contribution in [0.15, 0.2) is 12.2 Å². The standard InChI is InChI=1S/C35H61NO2/c1-25(2)11-8-9-13-28-15-17-31-30-16-14-29-23-27(12-10-22-38-33(37)26(3)24-36(6)7)18-20-35(29,5)32(30)19-21-34(28,31)4/h25,27-32H,3,8-24H2,1-2,4-7H3. The monoisotopic (exact) mass is 527 g/mol. The van der Waals surface area contributed by atoms with Gasteiger partial charge in [0.1, 0.15) is 0 Å². The molecule has 0 aromatic heterocycles. The summed E-state index contributed by atoms with van der Waals surface area (Å²) < 4.78 is 5.53. The average molecular weight is 528 g/mol. The molecule has 38 heavy (non-hydrogen) atoms. The maximum absolute atomic E-state index is 12.2. The molecule has 0 aromatic carbocycles. The number of ether oxygens (including phenoxy) is 1. The van der Waals surface area contributed by atoms with Crippen molar-refractivity contribution in [2.24, 2.45) is 52.3 Å². The number of carbonyl (C=O) groups excluding carboxylic acids is 1. The van der Waals surface area contributed by atoms with Crippen LogP contribution < -0.4 is 0 Å². The van der Waals surface area contributed by atoms with Crippen molar-refractivity contribution in [3.05, 3.63) is 12.2 Å². The Morgan fingerprint density at radius 3 is 2.39 bits per heavy atom. The second-order valence-corrected chi connectivity index (χ2v) is 15.4. The Hall–Kier alpha value is -0.830. The lowest BCUT2D eigenvalue weighted by Crippen LogP contribution is -2.53. The molecule has 8 unspecified atom stereocenters. The third-order valence-electron chi connectivity index (χ3n) is 12.3. The number of rotatable bonds is 12. The van der Waals surface area contributed by atoms with Crippen molar-refractivity contribution in [3.8, 4) is 0 Å². The van der Waals surface area contributed by atoms with E-state index in [4.69, 9.17) is 4.74 Å². The minimum absolute atomic E-state index is 0.220. The van der Waals surface area contributed by atoms with Gasteiger partial charge in [0.2, 0.25) is 0 Å². The molecular formula is C35H61NO2. The van der Waals surface area contributed by atoms with Gasteiger partial charge in [-0.1, -0.05) is 53.5 Å². The normalized spacial score (nSPS) is 38.5. The third kappa shape index (κ3) is 6.55. The third-order valence-corrected chi connectivity index (χ3v) is 12.3. The van der Waals surface area contributed by atoms with E-state index in [1.807, 2.05) is 19.0 Å². The van der Waals surface area contributed by atoms with E-state index in [0.717, 1.165) is 47.8 Å². The summed E-state index contributed by atoms with van der Waals surface area (Å²) in [6.07, 6.45) is 21.3. The van der Waals surface area contributed by atoms with Crippen LogP contribution in [-0.2, 0) is 9.53 Å². The summed E-state index contributed by atoms with van der Waals surface area (Å²) in [5, 5.41) is 0. The lowest BCUT2D eigenvalue weighted by Gasteiger charge is -2.61. The Morgan fingerprint density at radius 2 is 1.66 bits per heavy atom. The molecule has 4 aliphatic carbocycles. The molecule has 0 aromatic rings. The SMILES string of the molecule is C=C(CN(C)C)C(=O)OCCCC1CCC2(C)C(CCC3C4CCC(CCCCC(C)C)C4(C)CCC32)C1. The van der Waals surface area contributed by atoms with Crippen LogP contribution in [0.3, 0.4) is 0 Å². The molecule has 0 radical (unpaired) electrons. The van der Waals surface area contributed by atoms with Crippen molar-refractivity contribution >= 4 is 5.97 Å². The first-order valence-corrected chi connectivity index (χ1v) is 16.5. The number of carbonyl (C=O) groups is 1. The number of hydrogen-bond donors (Lipinski definition) is 0. The maximum Gasteiger partial charge on any atom is 0.334 e. The maximum atomic E-state index is 12.2. The fourth-order valence-corrected chi connectivity index (χ4v) is 10.2. The predicted octanol–water partition coefficient (Wildman–Crippen LogP) is 8.92. The number of likely N-dealkylation sites (N-methyl/N-ethyl adjacent to an activating group) is 1. The number of esters is 1. The zero-order valence-electron chi connectivity index (χ0n) is 26.0. The quantitative estimate of drug-likeness (QED) is 0.144. The van der Waals surface area contributed by atoms with E-state index in [9.17, 15) is 4.79 Å². The average Bonchev–Trinajstić information content (AvgIpc) is 3.20. The molecular weight excluding hydrogens is 466 g/mol. The second-order valence-electron chi connectivity index (χ2n) is 15.4. The summed E-state index contributed by atoms with van der Waals surface area (Å²) in [6, 6.07) is 0. The van der Waals surface area contributed by atoms with Crippen molar-refractivity contribution in [2.45, 2.75) is 124 Å². The largest absolute Gasteiger partial charge is 0.462 e. The van der Waals surface area contributed by atoms with E-state index in [-0.39, 0.29) is 5.97 Å². The van der Waals surface area contributed by atoms with Gasteiger partial charge in [-0.05, 0) is 143 Å². The lowest BCUT2D eigenvalue weighted by atomic mass is 9.44. The van der Waals surface area contributed by atoms with Crippen LogP contribution in [0.4, 0.5) is 0 Å². The van der Waals surface area contributed by atoms with E-state index < -0.39 is 0 Å². The molecule has 0 amide bonds. The molecule has 4 saturated carbocycles. The molecule has 0 bridgehead atoms. The number of nitrogens with zero attached hydrogens (tertiary/aromatic N) is 1. The van der Waals surface area contributed by atoms with Gasteiger partial charge < -0.3 is 9.64 Å². The number of unbranched alkanes of at least 4 members (excludes halogenated alkanes) is 1. The van der Waals surface area contributed by atoms with Gasteiger partial charge in [-0.3, -0.25) is 0 Å². The molecule has 3 nitrogen and oxygen atoms in total. The van der Waals surface area contributed by atoms with Crippen LogP contribution in [0, 0.1) is 52.3 Å². The molecule has 4 aliphatic rings. The van der Waals surface area contributed by atoms with E-state index in [1.165, 1.54) is 89.9 Å². The first kappa shape index (κ1) is 30.1. The molecule has 0 spiro atoms. The van der Waals surface area contributed by atoms with Gasteiger partial charge in [-0.25, -0.2) is 4.79 Å². The smallest absolute Gasteiger partial charge is 0.334 e. The van der Waals surface area contributed by atoms with E-state index >= 15 is 0 Å². The number of fused-ring (bicyclic) bond motifs is 5. The first-order valence-electron chi connectivity index (χ1n) is 16.5. The van der Waals surface area contributed by atoms with Crippen molar-refractivity contribution in [3.63, 3.8) is 0 Å². The van der Waals surface area contributed by atoms with Crippen LogP contribution in [0.25, 0.3) is 0 Å². The van der Waals surface area contributed by atoms with Crippen LogP contribution in [-0.4, -0.2) is 38.1 Å². The van der Waals surface area contributed by atoms with E-state index in [0.29, 0.717) is 29.6 Å². The molecule has 8 atom stereocenters. The van der Waals surface area contributed by atoms with Crippen LogP contribution in [0.5, 0.6) is 0 Å². The highest BCUT2D eigenvalue weighted by Gasteiger charge is 2.59. The van der Waals surface area contributed by atoms with Gasteiger partial charge in [-0.2, -0.15) is 0 Å². The van der Waals surface area contributed by atoms with Gasteiger partial charge >= 0.3 is 5.97 Å². The molecule has 0 aliphatic heterocycles. The fraction of sp³-hybridized carbons (Fsp3) is 0.914.